The molecule has 0 aliphatic carbocycles. The first-order valence-corrected chi connectivity index (χ1v) is 10.5. The zero-order valence-electron chi connectivity index (χ0n) is 18.8. The maximum atomic E-state index is 13.0. The number of aromatic nitrogens is 5. The number of nitrogens with one attached hydrogen (secondary N) is 1. The Labute approximate surface area is 203 Å². The van der Waals surface area contributed by atoms with Crippen LogP contribution in [0.25, 0.3) is 17.1 Å². The van der Waals surface area contributed by atoms with Crippen LogP contribution in [0, 0.1) is 0 Å². The molecule has 0 atom stereocenters. The van der Waals surface area contributed by atoms with Gasteiger partial charge in [-0.2, -0.15) is 9.78 Å². The summed E-state index contributed by atoms with van der Waals surface area (Å²) in [5, 5.41) is 29.9. The number of nitrogens with zero attached hydrogens (tertiary/aromatic N) is 6. The van der Waals surface area contributed by atoms with E-state index in [1.165, 1.54) is 10.9 Å². The van der Waals surface area contributed by atoms with Gasteiger partial charge in [-0.25, -0.2) is 10.1 Å². The molecule has 14 nitrogen and oxygen atoms in total. The highest BCUT2D eigenvalue weighted by atomic mass is 16.6. The first-order valence-electron chi connectivity index (χ1n) is 10.5. The summed E-state index contributed by atoms with van der Waals surface area (Å²) in [5.41, 5.74) is 9.30. The number of carbonyl (C=O) groups excluding carboxylic acids is 2. The lowest BCUT2D eigenvalue weighted by Crippen LogP contribution is -2.29. The van der Waals surface area contributed by atoms with Crippen molar-refractivity contribution in [3.63, 3.8) is 0 Å². The van der Waals surface area contributed by atoms with Gasteiger partial charge in [0, 0.05) is 11.1 Å². The molecule has 0 radical (unpaired) electrons. The van der Waals surface area contributed by atoms with Gasteiger partial charge in [0.25, 0.3) is 5.91 Å². The quantitative estimate of drug-likeness (QED) is 0.227. The Morgan fingerprint density at radius 2 is 2.03 bits per heavy atom. The number of hydrogen-bond acceptors (Lipinski definition) is 12. The average Bonchev–Trinajstić information content (AvgIpc) is 3.49. The molecule has 14 heteroatoms. The topological polar surface area (TPSA) is 196 Å². The monoisotopic (exact) mass is 491 g/mol. The number of benzene rings is 2. The van der Waals surface area contributed by atoms with Crippen molar-refractivity contribution in [3.8, 4) is 28.6 Å². The number of nitrogen functional groups attached to an aromatic ring is 1. The number of anilines is 1. The summed E-state index contributed by atoms with van der Waals surface area (Å²) in [7, 11) is 0. The molecule has 3 N–H and O–H groups in total. The second-order valence-electron chi connectivity index (χ2n) is 7.03. The summed E-state index contributed by atoms with van der Waals surface area (Å²) in [6, 6.07) is 13.5. The highest BCUT2D eigenvalue weighted by molar-refractivity contribution is 5.99. The minimum Gasteiger partial charge on any atom is -0.546 e. The number of ether oxygens (including phenoxy) is 2. The molecule has 2 aromatic heterocycles. The van der Waals surface area contributed by atoms with Crippen LogP contribution in [0.1, 0.15) is 23.0 Å². The predicted molar refractivity (Wildman–Crippen MR) is 122 cm³/mol. The second kappa shape index (κ2) is 10.8. The SMILES string of the molecule is CCOc1cccc(-c2c(C(=O)N/N=C\c3ccccc3OCC(=O)[O-])nnn2-c2nonc2N)c1. The van der Waals surface area contributed by atoms with Crippen LogP contribution in [0.3, 0.4) is 0 Å². The molecule has 0 fully saturated rings. The molecular weight excluding hydrogens is 472 g/mol. The van der Waals surface area contributed by atoms with Crippen LogP contribution in [-0.4, -0.2) is 56.6 Å². The van der Waals surface area contributed by atoms with Gasteiger partial charge in [0.1, 0.15) is 23.8 Å². The van der Waals surface area contributed by atoms with E-state index in [1.807, 2.05) is 6.92 Å². The highest BCUT2D eigenvalue weighted by Gasteiger charge is 2.25. The number of para-hydroxylation sites is 1. The van der Waals surface area contributed by atoms with Crippen LogP contribution in [0.5, 0.6) is 11.5 Å². The standard InChI is InChI=1S/C22H20N8O6/c1-2-34-15-8-5-7-13(10-15)19-18(25-29-30(19)21-20(23)27-36-28-21)22(33)26-24-11-14-6-3-4-9-16(14)35-12-17(31)32/h3-11H,2,12H2,1H3,(H2,23,27)(H,26,33)(H,31,32)/p-1/b24-11-. The van der Waals surface area contributed by atoms with Gasteiger partial charge in [0.15, 0.2) is 5.69 Å². The highest BCUT2D eigenvalue weighted by Crippen LogP contribution is 2.29. The number of aliphatic carboxylic acids is 1. The van der Waals surface area contributed by atoms with Crippen LogP contribution in [0.15, 0.2) is 58.3 Å². The fourth-order valence-corrected chi connectivity index (χ4v) is 3.15. The molecule has 0 aliphatic heterocycles. The van der Waals surface area contributed by atoms with E-state index in [-0.39, 0.29) is 28.8 Å². The number of carboxylic acids is 1. The predicted octanol–water partition coefficient (Wildman–Crippen LogP) is 0.191. The third kappa shape index (κ3) is 5.27. The largest absolute Gasteiger partial charge is 0.546 e. The summed E-state index contributed by atoms with van der Waals surface area (Å²) in [6.45, 7) is 1.65. The Kier molecular flexibility index (Phi) is 7.14. The Bertz CT molecular complexity index is 1410. The molecule has 2 heterocycles. The summed E-state index contributed by atoms with van der Waals surface area (Å²) in [5.74, 6) is -1.28. The van der Waals surface area contributed by atoms with Crippen molar-refractivity contribution in [1.29, 1.82) is 0 Å². The molecule has 0 aliphatic rings. The van der Waals surface area contributed by atoms with Gasteiger partial charge < -0.3 is 25.1 Å². The number of nitrogens with two attached hydrogens (primary N) is 1. The molecule has 4 aromatic rings. The molecule has 184 valence electrons. The summed E-state index contributed by atoms with van der Waals surface area (Å²) in [4.78, 5) is 23.7. The smallest absolute Gasteiger partial charge is 0.294 e. The van der Waals surface area contributed by atoms with Gasteiger partial charge >= 0.3 is 0 Å². The Hall–Kier alpha value is -5.27. The van der Waals surface area contributed by atoms with E-state index in [9.17, 15) is 14.7 Å². The second-order valence-corrected chi connectivity index (χ2v) is 7.03. The van der Waals surface area contributed by atoms with E-state index in [1.54, 1.807) is 48.5 Å². The number of rotatable bonds is 10. The number of carbonyl (C=O) groups is 2. The molecule has 0 bridgehead atoms. The molecule has 0 saturated carbocycles. The Morgan fingerprint density at radius 3 is 2.78 bits per heavy atom. The maximum absolute atomic E-state index is 13.0. The normalized spacial score (nSPS) is 10.9. The van der Waals surface area contributed by atoms with Crippen LogP contribution in [0.2, 0.25) is 0 Å². The number of amides is 1. The van der Waals surface area contributed by atoms with E-state index in [0.717, 1.165) is 0 Å². The third-order valence-corrected chi connectivity index (χ3v) is 4.63. The lowest BCUT2D eigenvalue weighted by molar-refractivity contribution is -0.307. The van der Waals surface area contributed by atoms with Crippen LogP contribution >= 0.6 is 0 Å². The minimum atomic E-state index is -1.37. The first-order chi connectivity index (χ1) is 17.5. The lowest BCUT2D eigenvalue weighted by Gasteiger charge is -2.09. The number of hydrazone groups is 1. The van der Waals surface area contributed by atoms with Crippen LogP contribution in [-0.2, 0) is 4.79 Å². The molecule has 0 spiro atoms. The molecule has 4 rings (SSSR count). The van der Waals surface area contributed by atoms with E-state index in [0.29, 0.717) is 23.5 Å². The van der Waals surface area contributed by atoms with Crippen molar-refractivity contribution in [2.24, 2.45) is 5.10 Å². The lowest BCUT2D eigenvalue weighted by atomic mass is 10.1. The van der Waals surface area contributed by atoms with Crippen molar-refractivity contribution < 1.29 is 28.8 Å². The van der Waals surface area contributed by atoms with Crippen molar-refractivity contribution in [3.05, 3.63) is 59.8 Å². The Morgan fingerprint density at radius 1 is 1.19 bits per heavy atom. The molecule has 0 saturated heterocycles. The molecule has 1 amide bonds. The van der Waals surface area contributed by atoms with E-state index < -0.39 is 18.5 Å². The fourth-order valence-electron chi connectivity index (χ4n) is 3.15. The summed E-state index contributed by atoms with van der Waals surface area (Å²) in [6.07, 6.45) is 1.29. The van der Waals surface area contributed by atoms with Gasteiger partial charge in [-0.05, 0) is 41.5 Å². The van der Waals surface area contributed by atoms with E-state index >= 15 is 0 Å². The van der Waals surface area contributed by atoms with Gasteiger partial charge in [-0.3, -0.25) is 4.79 Å². The summed E-state index contributed by atoms with van der Waals surface area (Å²) < 4.78 is 16.6. The van der Waals surface area contributed by atoms with Gasteiger partial charge in [-0.1, -0.05) is 29.5 Å². The average molecular weight is 491 g/mol. The van der Waals surface area contributed by atoms with Crippen molar-refractivity contribution in [2.45, 2.75) is 6.92 Å². The minimum absolute atomic E-state index is 0.0425. The van der Waals surface area contributed by atoms with Gasteiger partial charge in [0.2, 0.25) is 11.6 Å². The zero-order valence-corrected chi connectivity index (χ0v) is 18.8. The van der Waals surface area contributed by atoms with Gasteiger partial charge in [-0.15, -0.1) is 5.10 Å². The van der Waals surface area contributed by atoms with Crippen LogP contribution in [0.4, 0.5) is 5.82 Å². The van der Waals surface area contributed by atoms with Gasteiger partial charge in [0.05, 0.1) is 18.8 Å². The van der Waals surface area contributed by atoms with Crippen molar-refractivity contribution in [2.75, 3.05) is 18.9 Å². The van der Waals surface area contributed by atoms with E-state index in [2.05, 4.69) is 35.8 Å². The van der Waals surface area contributed by atoms with Crippen LogP contribution < -0.4 is 25.7 Å². The summed E-state index contributed by atoms with van der Waals surface area (Å²) >= 11 is 0. The van der Waals surface area contributed by atoms with Crippen molar-refractivity contribution >= 4 is 23.9 Å². The molecule has 0 unspecified atom stereocenters. The van der Waals surface area contributed by atoms with E-state index in [4.69, 9.17) is 15.2 Å². The zero-order chi connectivity index (χ0) is 25.5. The fraction of sp³-hybridized carbons (Fsp3) is 0.136. The maximum Gasteiger partial charge on any atom is 0.294 e. The number of hydrogen-bond donors (Lipinski definition) is 2. The number of carboxylic acid groups (broad SMARTS) is 1. The molecular formula is C22H19N8O6-. The van der Waals surface area contributed by atoms with Crippen molar-refractivity contribution in [1.82, 2.24) is 30.7 Å². The first kappa shape index (κ1) is 23.9. The molecule has 36 heavy (non-hydrogen) atoms. The molecule has 2 aromatic carbocycles. The third-order valence-electron chi connectivity index (χ3n) is 4.63. The Balaban J connectivity index is 1.64.